The van der Waals surface area contributed by atoms with Crippen molar-refractivity contribution in [1.82, 2.24) is 19.9 Å². The maximum Gasteiger partial charge on any atom is 0.241 e. The number of likely N-dealkylation sites (tertiary alicyclic amines) is 1. The molecule has 1 saturated heterocycles. The molecular formula is C10H19N7. The third-order valence-electron chi connectivity index (χ3n) is 3.10. The molecule has 2 heterocycles. The standard InChI is InChI=1S/C10H19N7/c1-2-17-5-3-4-8(17)6-12-9-13-7-14-10(15-9)16-11/h7-8H,2-6,11H2,1H3,(H2,12,13,14,15,16). The Bertz CT molecular complexity index is 356. The van der Waals surface area contributed by atoms with Crippen LogP contribution in [-0.2, 0) is 0 Å². The normalized spacial score (nSPS) is 20.5. The lowest BCUT2D eigenvalue weighted by Crippen LogP contribution is -2.35. The van der Waals surface area contributed by atoms with Crippen molar-refractivity contribution in [3.05, 3.63) is 6.33 Å². The van der Waals surface area contributed by atoms with E-state index < -0.39 is 0 Å². The van der Waals surface area contributed by atoms with Gasteiger partial charge in [-0.15, -0.1) is 0 Å². The summed E-state index contributed by atoms with van der Waals surface area (Å²) >= 11 is 0. The van der Waals surface area contributed by atoms with Crippen LogP contribution in [0.25, 0.3) is 0 Å². The van der Waals surface area contributed by atoms with Crippen molar-refractivity contribution in [3.8, 4) is 0 Å². The molecule has 1 aliphatic rings. The number of nitrogens with zero attached hydrogens (tertiary/aromatic N) is 4. The maximum atomic E-state index is 5.24. The maximum absolute atomic E-state index is 5.24. The second-order valence-electron chi connectivity index (χ2n) is 4.08. The van der Waals surface area contributed by atoms with Crippen molar-refractivity contribution in [3.63, 3.8) is 0 Å². The largest absolute Gasteiger partial charge is 0.353 e. The van der Waals surface area contributed by atoms with Gasteiger partial charge in [0.15, 0.2) is 0 Å². The molecule has 17 heavy (non-hydrogen) atoms. The first-order valence-electron chi connectivity index (χ1n) is 5.97. The van der Waals surface area contributed by atoms with Crippen molar-refractivity contribution >= 4 is 11.9 Å². The van der Waals surface area contributed by atoms with Crippen LogP contribution in [0.2, 0.25) is 0 Å². The van der Waals surface area contributed by atoms with Gasteiger partial charge in [-0.1, -0.05) is 6.92 Å². The fourth-order valence-corrected chi connectivity index (χ4v) is 2.20. The lowest BCUT2D eigenvalue weighted by atomic mass is 10.2. The summed E-state index contributed by atoms with van der Waals surface area (Å²) < 4.78 is 0. The van der Waals surface area contributed by atoms with Gasteiger partial charge < -0.3 is 5.32 Å². The monoisotopic (exact) mass is 237 g/mol. The van der Waals surface area contributed by atoms with Crippen LogP contribution < -0.4 is 16.6 Å². The highest BCUT2D eigenvalue weighted by Crippen LogP contribution is 2.16. The lowest BCUT2D eigenvalue weighted by Gasteiger charge is -2.22. The van der Waals surface area contributed by atoms with Crippen molar-refractivity contribution in [1.29, 1.82) is 0 Å². The molecule has 94 valence electrons. The Morgan fingerprint density at radius 3 is 3.06 bits per heavy atom. The molecule has 0 aliphatic carbocycles. The van der Waals surface area contributed by atoms with E-state index in [0.717, 1.165) is 13.1 Å². The smallest absolute Gasteiger partial charge is 0.241 e. The van der Waals surface area contributed by atoms with Crippen LogP contribution in [0.5, 0.6) is 0 Å². The summed E-state index contributed by atoms with van der Waals surface area (Å²) in [5, 5.41) is 3.23. The van der Waals surface area contributed by atoms with E-state index in [-0.39, 0.29) is 0 Å². The fraction of sp³-hybridized carbons (Fsp3) is 0.700. The Labute approximate surface area is 101 Å². The van der Waals surface area contributed by atoms with Crippen LogP contribution in [0.4, 0.5) is 11.9 Å². The summed E-state index contributed by atoms with van der Waals surface area (Å²) in [6.45, 7) is 5.34. The predicted octanol–water partition coefficient (Wildman–Crippen LogP) is 0.0534. The molecule has 7 heteroatoms. The predicted molar refractivity (Wildman–Crippen MR) is 66.4 cm³/mol. The van der Waals surface area contributed by atoms with E-state index in [4.69, 9.17) is 5.84 Å². The Kier molecular flexibility index (Phi) is 4.05. The van der Waals surface area contributed by atoms with Gasteiger partial charge in [0.25, 0.3) is 0 Å². The molecule has 1 aliphatic heterocycles. The van der Waals surface area contributed by atoms with Crippen molar-refractivity contribution in [2.24, 2.45) is 5.84 Å². The summed E-state index contributed by atoms with van der Waals surface area (Å²) in [7, 11) is 0. The second kappa shape index (κ2) is 5.74. The number of anilines is 2. The zero-order valence-electron chi connectivity index (χ0n) is 10.1. The number of likely N-dealkylation sites (N-methyl/N-ethyl adjacent to an activating group) is 1. The number of aromatic nitrogens is 3. The van der Waals surface area contributed by atoms with Gasteiger partial charge in [-0.3, -0.25) is 10.3 Å². The Hall–Kier alpha value is -1.47. The van der Waals surface area contributed by atoms with Gasteiger partial charge in [0.2, 0.25) is 11.9 Å². The van der Waals surface area contributed by atoms with Gasteiger partial charge in [0, 0.05) is 12.6 Å². The van der Waals surface area contributed by atoms with Crippen molar-refractivity contribution in [2.75, 3.05) is 30.4 Å². The molecule has 2 rings (SSSR count). The Morgan fingerprint density at radius 2 is 2.29 bits per heavy atom. The van der Waals surface area contributed by atoms with Crippen LogP contribution in [0.15, 0.2) is 6.33 Å². The number of nitrogens with two attached hydrogens (primary N) is 1. The van der Waals surface area contributed by atoms with Crippen LogP contribution in [0.3, 0.4) is 0 Å². The third kappa shape index (κ3) is 3.01. The molecule has 0 aromatic carbocycles. The molecule has 1 atom stereocenters. The molecule has 1 unspecified atom stereocenters. The van der Waals surface area contributed by atoms with Crippen LogP contribution >= 0.6 is 0 Å². The van der Waals surface area contributed by atoms with E-state index in [2.05, 4.69) is 37.5 Å². The quantitative estimate of drug-likeness (QED) is 0.492. The molecule has 1 fully saturated rings. The highest BCUT2D eigenvalue weighted by molar-refractivity contribution is 5.31. The second-order valence-corrected chi connectivity index (χ2v) is 4.08. The highest BCUT2D eigenvalue weighted by Gasteiger charge is 2.22. The summed E-state index contributed by atoms with van der Waals surface area (Å²) in [6.07, 6.45) is 3.94. The van der Waals surface area contributed by atoms with Crippen molar-refractivity contribution in [2.45, 2.75) is 25.8 Å². The first-order valence-corrected chi connectivity index (χ1v) is 5.97. The van der Waals surface area contributed by atoms with E-state index in [9.17, 15) is 0 Å². The number of hydrazine groups is 1. The SMILES string of the molecule is CCN1CCCC1CNc1ncnc(NN)n1. The molecule has 4 N–H and O–H groups in total. The molecule has 0 amide bonds. The minimum absolute atomic E-state index is 0.376. The topological polar surface area (TPSA) is 92.0 Å². The fourth-order valence-electron chi connectivity index (χ4n) is 2.20. The molecule has 0 spiro atoms. The van der Waals surface area contributed by atoms with Crippen LogP contribution in [-0.4, -0.2) is 45.5 Å². The average Bonchev–Trinajstić information content (AvgIpc) is 2.84. The average molecular weight is 237 g/mol. The third-order valence-corrected chi connectivity index (χ3v) is 3.10. The van der Waals surface area contributed by atoms with E-state index in [0.29, 0.717) is 17.9 Å². The summed E-state index contributed by atoms with van der Waals surface area (Å²) in [4.78, 5) is 14.5. The summed E-state index contributed by atoms with van der Waals surface area (Å²) in [5.41, 5.74) is 2.40. The minimum atomic E-state index is 0.376. The van der Waals surface area contributed by atoms with E-state index in [1.807, 2.05) is 0 Å². The van der Waals surface area contributed by atoms with Gasteiger partial charge in [-0.2, -0.15) is 4.98 Å². The van der Waals surface area contributed by atoms with Crippen LogP contribution in [0.1, 0.15) is 19.8 Å². The number of hydrogen-bond acceptors (Lipinski definition) is 7. The Morgan fingerprint density at radius 1 is 1.47 bits per heavy atom. The molecule has 1 aromatic rings. The highest BCUT2D eigenvalue weighted by atomic mass is 15.3. The lowest BCUT2D eigenvalue weighted by molar-refractivity contribution is 0.277. The molecule has 0 saturated carbocycles. The summed E-state index contributed by atoms with van der Waals surface area (Å²) in [6, 6.07) is 0.575. The van der Waals surface area contributed by atoms with Crippen LogP contribution in [0, 0.1) is 0 Å². The van der Waals surface area contributed by atoms with Gasteiger partial charge in [0.05, 0.1) is 0 Å². The van der Waals surface area contributed by atoms with E-state index in [1.165, 1.54) is 25.7 Å². The number of nitrogens with one attached hydrogen (secondary N) is 2. The molecule has 0 radical (unpaired) electrons. The van der Waals surface area contributed by atoms with E-state index >= 15 is 0 Å². The first-order chi connectivity index (χ1) is 8.33. The van der Waals surface area contributed by atoms with Gasteiger partial charge >= 0.3 is 0 Å². The zero-order valence-corrected chi connectivity index (χ0v) is 10.1. The van der Waals surface area contributed by atoms with E-state index in [1.54, 1.807) is 0 Å². The first kappa shape index (κ1) is 12.0. The van der Waals surface area contributed by atoms with Gasteiger partial charge in [0.1, 0.15) is 6.33 Å². The molecular weight excluding hydrogens is 218 g/mol. The van der Waals surface area contributed by atoms with Crippen molar-refractivity contribution < 1.29 is 0 Å². The minimum Gasteiger partial charge on any atom is -0.353 e. The number of hydrogen-bond donors (Lipinski definition) is 3. The molecule has 7 nitrogen and oxygen atoms in total. The molecule has 0 bridgehead atoms. The Balaban J connectivity index is 1.88. The molecule has 1 aromatic heterocycles. The van der Waals surface area contributed by atoms with Gasteiger partial charge in [-0.25, -0.2) is 15.8 Å². The van der Waals surface area contributed by atoms with Gasteiger partial charge in [-0.05, 0) is 25.9 Å². The summed E-state index contributed by atoms with van der Waals surface area (Å²) in [5.74, 6) is 6.18. The number of nitrogen functional groups attached to an aromatic ring is 1. The number of rotatable bonds is 5. The zero-order chi connectivity index (χ0) is 12.1.